The number of ketones is 1. The van der Waals surface area contributed by atoms with Crippen LogP contribution in [0.4, 0.5) is 0 Å². The van der Waals surface area contributed by atoms with Crippen LogP contribution >= 0.6 is 0 Å². The largest absolute Gasteiger partial charge is 0.497 e. The Balaban J connectivity index is 0.000000523. The Kier molecular flexibility index (Phi) is 8.06. The summed E-state index contributed by atoms with van der Waals surface area (Å²) in [5, 5.41) is 0. The number of methoxy groups -OCH3 is 1. The van der Waals surface area contributed by atoms with Crippen molar-refractivity contribution in [3.05, 3.63) is 83.6 Å². The molecule has 0 N–H and O–H groups in total. The minimum atomic E-state index is -4.94. The van der Waals surface area contributed by atoms with Gasteiger partial charge in [-0.3, -0.25) is 0 Å². The number of halogens is 1. The summed E-state index contributed by atoms with van der Waals surface area (Å²) >= 11 is 0. The van der Waals surface area contributed by atoms with Crippen molar-refractivity contribution in [1.82, 2.24) is 0 Å². The average molecular weight is 461 g/mol. The van der Waals surface area contributed by atoms with Crippen LogP contribution < -0.4 is 23.4 Å². The predicted molar refractivity (Wildman–Crippen MR) is 108 cm³/mol. The lowest BCUT2D eigenvalue weighted by Crippen LogP contribution is -2.68. The first-order valence-electron chi connectivity index (χ1n) is 10.2. The first-order chi connectivity index (χ1) is 15.3. The van der Waals surface area contributed by atoms with E-state index in [0.717, 1.165) is 54.1 Å². The normalized spacial score (nSPS) is 17.7. The molecule has 32 heavy (non-hydrogen) atoms. The number of carbonyl (C=O) groups excluding carboxylic acids is 1. The summed E-state index contributed by atoms with van der Waals surface area (Å²) in [6, 6.07) is 18.3. The monoisotopic (exact) mass is 460 g/mol. The van der Waals surface area contributed by atoms with Gasteiger partial charge in [-0.25, -0.2) is 23.1 Å². The van der Waals surface area contributed by atoms with E-state index in [0.29, 0.717) is 0 Å². The van der Waals surface area contributed by atoms with Gasteiger partial charge in [-0.1, -0.05) is 42.8 Å². The van der Waals surface area contributed by atoms with Crippen LogP contribution in [0.2, 0.25) is 0 Å². The molecule has 1 heterocycles. The van der Waals surface area contributed by atoms with E-state index in [4.69, 9.17) is 32.5 Å². The molecule has 2 aliphatic rings. The van der Waals surface area contributed by atoms with Crippen LogP contribution in [0, 0.1) is 10.2 Å². The van der Waals surface area contributed by atoms with Crippen molar-refractivity contribution in [3.63, 3.8) is 0 Å². The minimum absolute atomic E-state index is 0.530. The van der Waals surface area contributed by atoms with Crippen molar-refractivity contribution in [1.29, 1.82) is 0 Å². The Bertz CT molecular complexity index is 948. The van der Waals surface area contributed by atoms with Crippen molar-refractivity contribution >= 4 is 11.9 Å². The van der Waals surface area contributed by atoms with E-state index in [-0.39, 0.29) is 0 Å². The van der Waals surface area contributed by atoms with Crippen LogP contribution in [-0.2, 0) is 4.74 Å². The van der Waals surface area contributed by atoms with Crippen LogP contribution in [0.25, 0.3) is 6.08 Å². The Hall–Kier alpha value is -2.68. The summed E-state index contributed by atoms with van der Waals surface area (Å²) in [5.74, 6) is 2.06. The first-order valence-corrected chi connectivity index (χ1v) is 11.5. The zero-order chi connectivity index (χ0) is 23.0. The molecule has 1 saturated carbocycles. The number of hydrogen-bond acceptors (Lipinski definition) is 6. The van der Waals surface area contributed by atoms with Gasteiger partial charge in [-0.2, -0.15) is 0 Å². The van der Waals surface area contributed by atoms with Gasteiger partial charge in [-0.05, 0) is 48.7 Å². The second-order valence-corrected chi connectivity index (χ2v) is 8.19. The Labute approximate surface area is 189 Å². The maximum absolute atomic E-state index is 8.49. The molecule has 0 unspecified atom stereocenters. The molecule has 0 bridgehead atoms. The summed E-state index contributed by atoms with van der Waals surface area (Å²) in [5.41, 5.74) is 2.19. The highest BCUT2D eigenvalue weighted by atomic mass is 35.7. The molecule has 0 saturated heterocycles. The third-order valence-electron chi connectivity index (χ3n) is 5.10. The van der Waals surface area contributed by atoms with E-state index in [2.05, 4.69) is 18.2 Å². The zero-order valence-corrected chi connectivity index (χ0v) is 18.5. The predicted octanol–water partition coefficient (Wildman–Crippen LogP) is 0.945. The maximum atomic E-state index is 8.49. The lowest BCUT2D eigenvalue weighted by atomic mass is 9.93. The van der Waals surface area contributed by atoms with Gasteiger partial charge in [0.25, 0.3) is 0 Å². The molecule has 0 amide bonds. The number of rotatable bonds is 4. The molecular weight excluding hydrogens is 436 g/mol. The molecule has 0 atom stereocenters. The fraction of sp³-hybridized carbons (Fsp3) is 0.292. The molecule has 2 aromatic carbocycles. The van der Waals surface area contributed by atoms with Gasteiger partial charge < -0.3 is 9.47 Å². The highest BCUT2D eigenvalue weighted by Gasteiger charge is 2.48. The number of hydrogen-bond donors (Lipinski definition) is 0. The average Bonchev–Trinajstić information content (AvgIpc) is 2.78. The van der Waals surface area contributed by atoms with Crippen LogP contribution in [0.3, 0.4) is 0 Å². The standard InChI is InChI=1S/C24H25O3.ClHO4/c1-25-21-13-10-19(11-14-21)12-15-22-18-23(20-8-4-2-5-9-20)27-24(26-22)16-6-3-7-17-24;2-1(3,4)5/h2,4-5,8-15,18H,3,6-7,16-17H2,1H3;(H,2,3,4,5)/q+1;/p-1/b15-12+;. The third-order valence-corrected chi connectivity index (χ3v) is 5.10. The molecule has 8 heteroatoms. The summed E-state index contributed by atoms with van der Waals surface area (Å²) in [6.45, 7) is 0. The second kappa shape index (κ2) is 10.8. The highest BCUT2D eigenvalue weighted by molar-refractivity contribution is 6.05. The van der Waals surface area contributed by atoms with Gasteiger partial charge in [0.1, 0.15) is 11.5 Å². The smallest absolute Gasteiger partial charge is 0.429 e. The maximum Gasteiger partial charge on any atom is 0.429 e. The number of allylic oxidation sites excluding steroid dienone is 2. The van der Waals surface area contributed by atoms with Crippen molar-refractivity contribution in [3.8, 4) is 5.75 Å². The van der Waals surface area contributed by atoms with Crippen molar-refractivity contribution < 1.29 is 42.8 Å². The van der Waals surface area contributed by atoms with Crippen LogP contribution in [0.1, 0.15) is 47.7 Å². The quantitative estimate of drug-likeness (QED) is 0.626. The zero-order valence-electron chi connectivity index (χ0n) is 17.7. The van der Waals surface area contributed by atoms with Crippen LogP contribution in [-0.4, -0.2) is 18.7 Å². The van der Waals surface area contributed by atoms with Crippen molar-refractivity contribution in [2.45, 2.75) is 37.9 Å². The molecule has 1 spiro atoms. The molecule has 1 fully saturated rings. The topological polar surface area (TPSA) is 122 Å². The minimum Gasteiger partial charge on any atom is -0.497 e. The van der Waals surface area contributed by atoms with Crippen molar-refractivity contribution in [2.24, 2.45) is 0 Å². The molecule has 4 rings (SSSR count). The molecule has 0 aromatic heterocycles. The lowest BCUT2D eigenvalue weighted by molar-refractivity contribution is -2.00. The fourth-order valence-electron chi connectivity index (χ4n) is 3.64. The Morgan fingerprint density at radius 3 is 2.12 bits per heavy atom. The first kappa shape index (κ1) is 24.0. The summed E-state index contributed by atoms with van der Waals surface area (Å²) in [4.78, 5) is 0. The van der Waals surface area contributed by atoms with E-state index in [1.165, 1.54) is 6.42 Å². The fourth-order valence-corrected chi connectivity index (χ4v) is 3.64. The molecule has 0 radical (unpaired) electrons. The van der Waals surface area contributed by atoms with Crippen molar-refractivity contribution in [2.75, 3.05) is 7.11 Å². The molecule has 7 nitrogen and oxygen atoms in total. The highest BCUT2D eigenvalue weighted by Crippen LogP contribution is 2.37. The van der Waals surface area contributed by atoms with E-state index in [1.807, 2.05) is 54.6 Å². The van der Waals surface area contributed by atoms with Gasteiger partial charge in [0, 0.05) is 0 Å². The SMILES string of the molecule is COc1ccc(/C=C/C2=CC(c3ccccc3)=[O+]C3(CCCCC3)O2)cc1.[O-][Cl+3]([O-])([O-])[O-]. The third kappa shape index (κ3) is 7.47. The molecular formula is C24H25ClO7. The van der Waals surface area contributed by atoms with Gasteiger partial charge >= 0.3 is 11.6 Å². The Morgan fingerprint density at radius 2 is 1.53 bits per heavy atom. The van der Waals surface area contributed by atoms with E-state index >= 15 is 0 Å². The van der Waals surface area contributed by atoms with Crippen LogP contribution in [0.15, 0.2) is 72.5 Å². The number of benzene rings is 2. The van der Waals surface area contributed by atoms with Gasteiger partial charge in [-0.15, -0.1) is 10.2 Å². The van der Waals surface area contributed by atoms with E-state index in [9.17, 15) is 0 Å². The number of ether oxygens (including phenoxy) is 2. The molecule has 1 aliphatic heterocycles. The summed E-state index contributed by atoms with van der Waals surface area (Å²) in [7, 11) is -3.27. The van der Waals surface area contributed by atoms with Crippen LogP contribution in [0.5, 0.6) is 5.75 Å². The van der Waals surface area contributed by atoms with E-state index < -0.39 is 16.0 Å². The molecule has 2 aromatic rings. The van der Waals surface area contributed by atoms with E-state index in [1.54, 1.807) is 7.11 Å². The van der Waals surface area contributed by atoms with Gasteiger partial charge in [0.05, 0.1) is 31.6 Å². The Morgan fingerprint density at radius 1 is 0.906 bits per heavy atom. The lowest BCUT2D eigenvalue weighted by Gasteiger charge is -2.27. The molecule has 1 aliphatic carbocycles. The summed E-state index contributed by atoms with van der Waals surface area (Å²) < 4.78 is 51.9. The summed E-state index contributed by atoms with van der Waals surface area (Å²) in [6.07, 6.45) is 11.5. The van der Waals surface area contributed by atoms with Gasteiger partial charge in [0.15, 0.2) is 0 Å². The van der Waals surface area contributed by atoms with Gasteiger partial charge in [0.2, 0.25) is 0 Å². The second-order valence-electron chi connectivity index (χ2n) is 7.44. The molecule has 170 valence electrons.